The van der Waals surface area contributed by atoms with Gasteiger partial charge in [-0.15, -0.1) is 0 Å². The van der Waals surface area contributed by atoms with Crippen molar-refractivity contribution in [3.63, 3.8) is 0 Å². The number of rotatable bonds is 8. The van der Waals surface area contributed by atoms with Crippen molar-refractivity contribution < 1.29 is 14.2 Å². The van der Waals surface area contributed by atoms with E-state index in [1.165, 1.54) is 41.6 Å². The highest BCUT2D eigenvalue weighted by molar-refractivity contribution is 6.32. The number of halogens is 1. The quantitative estimate of drug-likeness (QED) is 0.454. The number of piperidine rings is 1. The van der Waals surface area contributed by atoms with Crippen molar-refractivity contribution >= 4 is 17.3 Å². The number of methoxy groups -OCH3 is 2. The molecule has 4 rings (SSSR count). The van der Waals surface area contributed by atoms with Gasteiger partial charge in [0, 0.05) is 63.6 Å². The normalized spacial score (nSPS) is 21.1. The third-order valence-electron chi connectivity index (χ3n) is 7.33. The van der Waals surface area contributed by atoms with Gasteiger partial charge in [-0.2, -0.15) is 0 Å². The standard InChI is InChI=1S/C27H37ClN2O3/c1-19-20(2)26(32-4)12-10-23(19)25-8-5-7-22-18-29(13-14-30(22)25)21-9-11-24(28)27(17-21)33-16-6-15-31-3/h9-12,17,22,25H,5-8,13-16,18H2,1-4H3/t22?,25-/m1/s1. The Hall–Kier alpha value is -1.95. The molecule has 2 atom stereocenters. The van der Waals surface area contributed by atoms with E-state index in [1.807, 2.05) is 6.07 Å². The van der Waals surface area contributed by atoms with Gasteiger partial charge in [-0.3, -0.25) is 4.90 Å². The minimum absolute atomic E-state index is 0.486. The number of nitrogens with zero attached hydrogens (tertiary/aromatic N) is 2. The van der Waals surface area contributed by atoms with E-state index >= 15 is 0 Å². The summed E-state index contributed by atoms with van der Waals surface area (Å²) in [5.74, 6) is 1.75. The molecular formula is C27H37ClN2O3. The van der Waals surface area contributed by atoms with Crippen LogP contribution in [0.2, 0.25) is 5.02 Å². The lowest BCUT2D eigenvalue weighted by atomic mass is 9.86. The van der Waals surface area contributed by atoms with Crippen LogP contribution < -0.4 is 14.4 Å². The first-order valence-electron chi connectivity index (χ1n) is 12.1. The molecule has 0 N–H and O–H groups in total. The molecule has 2 aliphatic rings. The molecule has 0 bridgehead atoms. The fraction of sp³-hybridized carbons (Fsp3) is 0.556. The molecule has 33 heavy (non-hydrogen) atoms. The summed E-state index contributed by atoms with van der Waals surface area (Å²) >= 11 is 6.40. The Morgan fingerprint density at radius 2 is 1.82 bits per heavy atom. The number of piperazine rings is 1. The van der Waals surface area contributed by atoms with Gasteiger partial charge in [0.05, 0.1) is 18.7 Å². The molecule has 2 heterocycles. The summed E-state index contributed by atoms with van der Waals surface area (Å²) in [6.07, 6.45) is 4.58. The van der Waals surface area contributed by atoms with Gasteiger partial charge in [-0.1, -0.05) is 17.7 Å². The van der Waals surface area contributed by atoms with Gasteiger partial charge < -0.3 is 19.1 Å². The number of benzene rings is 2. The summed E-state index contributed by atoms with van der Waals surface area (Å²) in [4.78, 5) is 5.24. The predicted octanol–water partition coefficient (Wildman–Crippen LogP) is 5.80. The number of fused-ring (bicyclic) bond motifs is 1. The Balaban J connectivity index is 1.47. The van der Waals surface area contributed by atoms with E-state index in [-0.39, 0.29) is 0 Å². The van der Waals surface area contributed by atoms with Crippen LogP contribution in [0, 0.1) is 13.8 Å². The molecule has 2 saturated heterocycles. The van der Waals surface area contributed by atoms with E-state index in [9.17, 15) is 0 Å². The van der Waals surface area contributed by atoms with Crippen LogP contribution in [0.15, 0.2) is 30.3 Å². The van der Waals surface area contributed by atoms with Crippen LogP contribution in [0.1, 0.15) is 48.4 Å². The molecule has 0 amide bonds. The fourth-order valence-electron chi connectivity index (χ4n) is 5.40. The van der Waals surface area contributed by atoms with Crippen LogP contribution in [0.3, 0.4) is 0 Å². The largest absolute Gasteiger partial charge is 0.496 e. The first-order valence-corrected chi connectivity index (χ1v) is 12.5. The van der Waals surface area contributed by atoms with Crippen molar-refractivity contribution in [2.24, 2.45) is 0 Å². The van der Waals surface area contributed by atoms with Crippen LogP contribution in [0.25, 0.3) is 0 Å². The topological polar surface area (TPSA) is 34.2 Å². The van der Waals surface area contributed by atoms with Gasteiger partial charge in [-0.05, 0) is 68.0 Å². The molecule has 0 aromatic heterocycles. The lowest BCUT2D eigenvalue weighted by Crippen LogP contribution is -2.56. The molecule has 2 aliphatic heterocycles. The smallest absolute Gasteiger partial charge is 0.139 e. The van der Waals surface area contributed by atoms with Crippen LogP contribution >= 0.6 is 11.6 Å². The molecule has 0 saturated carbocycles. The van der Waals surface area contributed by atoms with Gasteiger partial charge in [0.25, 0.3) is 0 Å². The maximum absolute atomic E-state index is 6.40. The van der Waals surface area contributed by atoms with E-state index in [0.717, 1.165) is 37.6 Å². The zero-order chi connectivity index (χ0) is 23.4. The van der Waals surface area contributed by atoms with Crippen molar-refractivity contribution in [1.82, 2.24) is 4.90 Å². The van der Waals surface area contributed by atoms with Crippen LogP contribution in [-0.2, 0) is 4.74 Å². The molecule has 0 aliphatic carbocycles. The average molecular weight is 473 g/mol. The van der Waals surface area contributed by atoms with Gasteiger partial charge in [0.15, 0.2) is 0 Å². The lowest BCUT2D eigenvalue weighted by molar-refractivity contribution is 0.0712. The molecule has 2 aromatic carbocycles. The van der Waals surface area contributed by atoms with Crippen LogP contribution in [0.5, 0.6) is 11.5 Å². The zero-order valence-corrected chi connectivity index (χ0v) is 21.2. The predicted molar refractivity (Wildman–Crippen MR) is 135 cm³/mol. The molecule has 1 unspecified atom stereocenters. The highest BCUT2D eigenvalue weighted by Gasteiger charge is 2.36. The SMILES string of the molecule is COCCCOc1cc(N2CCN3C(CCC[C@@H]3c3ccc(OC)c(C)c3C)C2)ccc1Cl. The Kier molecular flexibility index (Phi) is 8.05. The summed E-state index contributed by atoms with van der Waals surface area (Å²) in [5, 5.41) is 0.665. The van der Waals surface area contributed by atoms with E-state index in [0.29, 0.717) is 30.3 Å². The van der Waals surface area contributed by atoms with Crippen molar-refractivity contribution in [1.29, 1.82) is 0 Å². The Morgan fingerprint density at radius 1 is 0.970 bits per heavy atom. The monoisotopic (exact) mass is 472 g/mol. The van der Waals surface area contributed by atoms with Crippen LogP contribution in [0.4, 0.5) is 5.69 Å². The number of ether oxygens (including phenoxy) is 3. The minimum atomic E-state index is 0.486. The Bertz CT molecular complexity index is 951. The molecule has 0 radical (unpaired) electrons. The average Bonchev–Trinajstić information content (AvgIpc) is 2.84. The number of hydrogen-bond acceptors (Lipinski definition) is 5. The Labute approximate surface area is 203 Å². The Morgan fingerprint density at radius 3 is 2.61 bits per heavy atom. The molecule has 180 valence electrons. The van der Waals surface area contributed by atoms with Crippen molar-refractivity contribution in [2.45, 2.75) is 51.6 Å². The fourth-order valence-corrected chi connectivity index (χ4v) is 5.57. The molecule has 5 nitrogen and oxygen atoms in total. The van der Waals surface area contributed by atoms with Crippen molar-refractivity contribution in [3.8, 4) is 11.5 Å². The summed E-state index contributed by atoms with van der Waals surface area (Å²) in [6.45, 7) is 8.82. The third kappa shape index (κ3) is 5.26. The van der Waals surface area contributed by atoms with Gasteiger partial charge in [0.2, 0.25) is 0 Å². The van der Waals surface area contributed by atoms with Gasteiger partial charge >= 0.3 is 0 Å². The minimum Gasteiger partial charge on any atom is -0.496 e. The zero-order valence-electron chi connectivity index (χ0n) is 20.4. The molecule has 2 aromatic rings. The van der Waals surface area contributed by atoms with E-state index in [2.05, 4.69) is 47.9 Å². The summed E-state index contributed by atoms with van der Waals surface area (Å²) in [7, 11) is 3.46. The van der Waals surface area contributed by atoms with E-state index in [4.69, 9.17) is 25.8 Å². The second-order valence-corrected chi connectivity index (χ2v) is 9.61. The van der Waals surface area contributed by atoms with E-state index in [1.54, 1.807) is 14.2 Å². The van der Waals surface area contributed by atoms with E-state index < -0.39 is 0 Å². The third-order valence-corrected chi connectivity index (χ3v) is 7.64. The van der Waals surface area contributed by atoms with Gasteiger partial charge in [-0.25, -0.2) is 0 Å². The molecular weight excluding hydrogens is 436 g/mol. The highest BCUT2D eigenvalue weighted by atomic mass is 35.5. The molecule has 6 heteroatoms. The summed E-state index contributed by atoms with van der Waals surface area (Å²) in [5.41, 5.74) is 5.29. The van der Waals surface area contributed by atoms with Crippen molar-refractivity contribution in [2.75, 3.05) is 52.0 Å². The second kappa shape index (κ2) is 11.0. The number of hydrogen-bond donors (Lipinski definition) is 0. The number of anilines is 1. The molecule has 2 fully saturated rings. The van der Waals surface area contributed by atoms with Crippen molar-refractivity contribution in [3.05, 3.63) is 52.0 Å². The maximum Gasteiger partial charge on any atom is 0.139 e. The second-order valence-electron chi connectivity index (χ2n) is 9.20. The summed E-state index contributed by atoms with van der Waals surface area (Å²) in [6, 6.07) is 11.6. The first-order chi connectivity index (χ1) is 16.0. The first kappa shape index (κ1) is 24.2. The van der Waals surface area contributed by atoms with Crippen LogP contribution in [-0.4, -0.2) is 58.0 Å². The maximum atomic E-state index is 6.40. The van der Waals surface area contributed by atoms with Gasteiger partial charge in [0.1, 0.15) is 11.5 Å². The lowest BCUT2D eigenvalue weighted by Gasteiger charge is -2.49. The summed E-state index contributed by atoms with van der Waals surface area (Å²) < 4.78 is 16.6. The highest BCUT2D eigenvalue weighted by Crippen LogP contribution is 2.40. The molecule has 0 spiro atoms.